The quantitative estimate of drug-likeness (QED) is 0.567. The number of hydrogen-bond donors (Lipinski definition) is 2. The van der Waals surface area contributed by atoms with Crippen molar-refractivity contribution in [3.63, 3.8) is 0 Å². The first-order valence-corrected chi connectivity index (χ1v) is 8.88. The second-order valence-electron chi connectivity index (χ2n) is 6.35. The highest BCUT2D eigenvalue weighted by molar-refractivity contribution is 5.80. The number of nitrogens with zero attached hydrogens (tertiary/aromatic N) is 3. The van der Waals surface area contributed by atoms with Crippen LogP contribution in [0.2, 0.25) is 0 Å². The van der Waals surface area contributed by atoms with E-state index in [1.807, 2.05) is 30.3 Å². The Kier molecular flexibility index (Phi) is 6.14. The molecule has 0 atom stereocenters. The number of anilines is 1. The summed E-state index contributed by atoms with van der Waals surface area (Å²) in [6.07, 6.45) is 6.12. The molecule has 0 aliphatic heterocycles. The van der Waals surface area contributed by atoms with Crippen LogP contribution in [0.3, 0.4) is 0 Å². The fourth-order valence-electron chi connectivity index (χ4n) is 3.00. The topological polar surface area (TPSA) is 119 Å². The molecule has 3 rings (SSSR count). The summed E-state index contributed by atoms with van der Waals surface area (Å²) >= 11 is 0. The molecule has 1 saturated carbocycles. The standard InChI is InChI=1S/C18H21N5O4/c24-15(11-13-7-3-1-4-8-13)21-22-17-16(23(25)26)18(20-12-19-17)27-14-9-5-2-6-10-14/h1,3-4,7-8,12,14H,2,5-6,9-11H2,(H,21,24)(H,19,20,22). The van der Waals surface area contributed by atoms with Gasteiger partial charge in [0.1, 0.15) is 12.4 Å². The summed E-state index contributed by atoms with van der Waals surface area (Å²) in [5.41, 5.74) is 5.40. The molecule has 9 nitrogen and oxygen atoms in total. The van der Waals surface area contributed by atoms with Gasteiger partial charge in [-0.05, 0) is 31.2 Å². The van der Waals surface area contributed by atoms with E-state index < -0.39 is 4.92 Å². The van der Waals surface area contributed by atoms with Gasteiger partial charge in [-0.2, -0.15) is 4.98 Å². The Morgan fingerprint density at radius 3 is 2.63 bits per heavy atom. The Morgan fingerprint density at radius 2 is 1.93 bits per heavy atom. The van der Waals surface area contributed by atoms with Crippen molar-refractivity contribution in [3.05, 3.63) is 52.3 Å². The fourth-order valence-corrected chi connectivity index (χ4v) is 3.00. The Labute approximate surface area is 156 Å². The maximum absolute atomic E-state index is 12.1. The minimum absolute atomic E-state index is 0.0818. The average Bonchev–Trinajstić information content (AvgIpc) is 2.68. The molecule has 1 amide bonds. The summed E-state index contributed by atoms with van der Waals surface area (Å²) in [4.78, 5) is 30.8. The summed E-state index contributed by atoms with van der Waals surface area (Å²) in [6.45, 7) is 0. The minimum Gasteiger partial charge on any atom is -0.469 e. The number of benzene rings is 1. The average molecular weight is 371 g/mol. The fraction of sp³-hybridized carbons (Fsp3) is 0.389. The maximum Gasteiger partial charge on any atom is 0.374 e. The monoisotopic (exact) mass is 371 g/mol. The number of hydrogen-bond acceptors (Lipinski definition) is 7. The predicted molar refractivity (Wildman–Crippen MR) is 98.1 cm³/mol. The number of carbonyl (C=O) groups is 1. The van der Waals surface area contributed by atoms with Crippen molar-refractivity contribution in [3.8, 4) is 5.88 Å². The Balaban J connectivity index is 1.68. The SMILES string of the molecule is O=C(Cc1ccccc1)NNc1ncnc(OC2CCCCC2)c1[N+](=O)[O-]. The van der Waals surface area contributed by atoms with Gasteiger partial charge in [0.25, 0.3) is 5.88 Å². The van der Waals surface area contributed by atoms with Gasteiger partial charge >= 0.3 is 5.69 Å². The van der Waals surface area contributed by atoms with Crippen molar-refractivity contribution in [2.24, 2.45) is 0 Å². The van der Waals surface area contributed by atoms with Gasteiger partial charge in [0, 0.05) is 0 Å². The van der Waals surface area contributed by atoms with Crippen molar-refractivity contribution >= 4 is 17.4 Å². The van der Waals surface area contributed by atoms with E-state index in [4.69, 9.17) is 4.74 Å². The normalized spacial score (nSPS) is 14.4. The van der Waals surface area contributed by atoms with Crippen LogP contribution in [0.4, 0.5) is 11.5 Å². The highest BCUT2D eigenvalue weighted by Gasteiger charge is 2.27. The first kappa shape index (κ1) is 18.6. The summed E-state index contributed by atoms with van der Waals surface area (Å²) in [6, 6.07) is 9.17. The smallest absolute Gasteiger partial charge is 0.374 e. The van der Waals surface area contributed by atoms with E-state index >= 15 is 0 Å². The van der Waals surface area contributed by atoms with Gasteiger partial charge in [0.2, 0.25) is 11.7 Å². The van der Waals surface area contributed by atoms with Gasteiger partial charge in [0.15, 0.2) is 0 Å². The first-order chi connectivity index (χ1) is 13.1. The van der Waals surface area contributed by atoms with Gasteiger partial charge < -0.3 is 4.74 Å². The third kappa shape index (κ3) is 5.13. The van der Waals surface area contributed by atoms with Gasteiger partial charge in [-0.3, -0.25) is 25.8 Å². The van der Waals surface area contributed by atoms with E-state index in [9.17, 15) is 14.9 Å². The number of carbonyl (C=O) groups excluding carboxylic acids is 1. The molecule has 2 N–H and O–H groups in total. The molecule has 1 aromatic carbocycles. The number of nitro groups is 1. The van der Waals surface area contributed by atoms with Crippen LogP contribution < -0.4 is 15.6 Å². The summed E-state index contributed by atoms with van der Waals surface area (Å²) in [7, 11) is 0. The number of aromatic nitrogens is 2. The molecule has 0 radical (unpaired) electrons. The van der Waals surface area contributed by atoms with Crippen LogP contribution in [0.5, 0.6) is 5.88 Å². The lowest BCUT2D eigenvalue weighted by atomic mass is 9.98. The molecule has 9 heteroatoms. The van der Waals surface area contributed by atoms with Crippen molar-refractivity contribution < 1.29 is 14.5 Å². The van der Waals surface area contributed by atoms with Gasteiger partial charge in [0.05, 0.1) is 11.3 Å². The zero-order valence-corrected chi connectivity index (χ0v) is 14.8. The predicted octanol–water partition coefficient (Wildman–Crippen LogP) is 2.78. The third-order valence-corrected chi connectivity index (χ3v) is 4.33. The third-order valence-electron chi connectivity index (χ3n) is 4.33. The van der Waals surface area contributed by atoms with E-state index in [0.29, 0.717) is 0 Å². The van der Waals surface area contributed by atoms with Crippen LogP contribution in [0.25, 0.3) is 0 Å². The van der Waals surface area contributed by atoms with E-state index in [1.54, 1.807) is 0 Å². The number of rotatable bonds is 7. The lowest BCUT2D eigenvalue weighted by molar-refractivity contribution is -0.385. The molecule has 2 aromatic rings. The van der Waals surface area contributed by atoms with Crippen LogP contribution in [-0.2, 0) is 11.2 Å². The Bertz CT molecular complexity index is 794. The number of ether oxygens (including phenoxy) is 1. The van der Waals surface area contributed by atoms with Crippen molar-refractivity contribution in [1.29, 1.82) is 0 Å². The van der Waals surface area contributed by atoms with E-state index in [1.165, 1.54) is 6.33 Å². The largest absolute Gasteiger partial charge is 0.469 e. The van der Waals surface area contributed by atoms with Gasteiger partial charge in [-0.1, -0.05) is 36.8 Å². The molecule has 1 aliphatic carbocycles. The number of nitrogens with one attached hydrogen (secondary N) is 2. The maximum atomic E-state index is 12.1. The lowest BCUT2D eigenvalue weighted by Gasteiger charge is -2.22. The molecule has 27 heavy (non-hydrogen) atoms. The molecule has 0 unspecified atom stereocenters. The first-order valence-electron chi connectivity index (χ1n) is 8.88. The summed E-state index contributed by atoms with van der Waals surface area (Å²) in [5.74, 6) is -0.534. The Hall–Kier alpha value is -3.23. The second kappa shape index (κ2) is 8.93. The summed E-state index contributed by atoms with van der Waals surface area (Å²) < 4.78 is 5.75. The van der Waals surface area contributed by atoms with Crippen LogP contribution in [-0.4, -0.2) is 26.9 Å². The van der Waals surface area contributed by atoms with Crippen LogP contribution in [0.15, 0.2) is 36.7 Å². The lowest BCUT2D eigenvalue weighted by Crippen LogP contribution is -2.31. The zero-order valence-electron chi connectivity index (χ0n) is 14.8. The minimum atomic E-state index is -0.607. The van der Waals surface area contributed by atoms with Crippen molar-refractivity contribution in [2.45, 2.75) is 44.6 Å². The van der Waals surface area contributed by atoms with Crippen molar-refractivity contribution in [2.75, 3.05) is 5.43 Å². The van der Waals surface area contributed by atoms with E-state index in [2.05, 4.69) is 20.8 Å². The van der Waals surface area contributed by atoms with Crippen molar-refractivity contribution in [1.82, 2.24) is 15.4 Å². The Morgan fingerprint density at radius 1 is 1.19 bits per heavy atom. The molecule has 1 heterocycles. The van der Waals surface area contributed by atoms with Crippen LogP contribution in [0, 0.1) is 10.1 Å². The molecular weight excluding hydrogens is 350 g/mol. The van der Waals surface area contributed by atoms with Gasteiger partial charge in [-0.15, -0.1) is 0 Å². The highest BCUT2D eigenvalue weighted by Crippen LogP contribution is 2.33. The molecule has 0 saturated heterocycles. The molecular formula is C18H21N5O4. The molecule has 0 bridgehead atoms. The molecule has 0 spiro atoms. The zero-order chi connectivity index (χ0) is 19.1. The number of amides is 1. The number of hydrazine groups is 1. The summed E-state index contributed by atoms with van der Waals surface area (Å²) in [5, 5.41) is 11.5. The molecule has 1 aliphatic rings. The van der Waals surface area contributed by atoms with Crippen LogP contribution >= 0.6 is 0 Å². The van der Waals surface area contributed by atoms with E-state index in [-0.39, 0.29) is 35.8 Å². The highest BCUT2D eigenvalue weighted by atomic mass is 16.6. The molecule has 1 aromatic heterocycles. The second-order valence-corrected chi connectivity index (χ2v) is 6.35. The van der Waals surface area contributed by atoms with Crippen LogP contribution in [0.1, 0.15) is 37.7 Å². The molecule has 1 fully saturated rings. The van der Waals surface area contributed by atoms with E-state index in [0.717, 1.165) is 37.7 Å². The molecule has 142 valence electrons. The van der Waals surface area contributed by atoms with Gasteiger partial charge in [-0.25, -0.2) is 4.98 Å².